The summed E-state index contributed by atoms with van der Waals surface area (Å²) < 4.78 is 1.58. The number of nitrogens with zero attached hydrogens (tertiary/aromatic N) is 2. The van der Waals surface area contributed by atoms with Crippen LogP contribution in [0.2, 0.25) is 0 Å². The van der Waals surface area contributed by atoms with Gasteiger partial charge in [-0.25, -0.2) is 4.98 Å². The molecule has 1 unspecified atom stereocenters. The van der Waals surface area contributed by atoms with Crippen molar-refractivity contribution in [3.8, 4) is 0 Å². The summed E-state index contributed by atoms with van der Waals surface area (Å²) in [5.41, 5.74) is 0.937. The normalized spacial score (nSPS) is 12.1. The fourth-order valence-corrected chi connectivity index (χ4v) is 2.05. The molecule has 0 saturated carbocycles. The number of anilines is 1. The Morgan fingerprint density at radius 2 is 2.10 bits per heavy atom. The van der Waals surface area contributed by atoms with Gasteiger partial charge in [0.15, 0.2) is 5.82 Å². The van der Waals surface area contributed by atoms with Crippen LogP contribution in [-0.2, 0) is 13.0 Å². The Morgan fingerprint density at radius 3 is 2.75 bits per heavy atom. The summed E-state index contributed by atoms with van der Waals surface area (Å²) in [4.78, 5) is 16.1. The van der Waals surface area contributed by atoms with Gasteiger partial charge in [0, 0.05) is 18.9 Å². The lowest BCUT2D eigenvalue weighted by atomic mass is 10.1. The lowest BCUT2D eigenvalue weighted by molar-refractivity contribution is 0.273. The summed E-state index contributed by atoms with van der Waals surface area (Å²) in [5.74, 6) is 0.282. The number of hydrogen-bond donors (Lipinski definition) is 2. The molecule has 5 nitrogen and oxygen atoms in total. The molecule has 0 spiro atoms. The minimum atomic E-state index is -0.231. The third kappa shape index (κ3) is 3.45. The largest absolute Gasteiger partial charge is 0.394 e. The highest BCUT2D eigenvalue weighted by molar-refractivity contribution is 5.33. The van der Waals surface area contributed by atoms with E-state index in [-0.39, 0.29) is 24.0 Å². The van der Waals surface area contributed by atoms with Gasteiger partial charge in [-0.05, 0) is 18.9 Å². The number of aliphatic hydroxyl groups excluding tert-OH is 1. The van der Waals surface area contributed by atoms with Gasteiger partial charge in [0.05, 0.1) is 12.6 Å². The van der Waals surface area contributed by atoms with Crippen LogP contribution in [0.4, 0.5) is 5.82 Å². The molecule has 1 aromatic heterocycles. The molecule has 0 aliphatic carbocycles. The summed E-state index contributed by atoms with van der Waals surface area (Å²) >= 11 is 0. The fourth-order valence-electron chi connectivity index (χ4n) is 2.05. The third-order valence-corrected chi connectivity index (χ3v) is 3.14. The van der Waals surface area contributed by atoms with Gasteiger partial charge in [-0.15, -0.1) is 0 Å². The molecule has 5 heteroatoms. The van der Waals surface area contributed by atoms with E-state index < -0.39 is 0 Å². The molecular formula is C15H19N3O2. The van der Waals surface area contributed by atoms with Crippen molar-refractivity contribution in [3.63, 3.8) is 0 Å². The monoisotopic (exact) mass is 273 g/mol. The molecule has 2 rings (SSSR count). The molecule has 0 aliphatic heterocycles. The molecule has 20 heavy (non-hydrogen) atoms. The van der Waals surface area contributed by atoms with Crippen LogP contribution in [0.5, 0.6) is 0 Å². The maximum absolute atomic E-state index is 12.1. The molecule has 2 aromatic rings. The van der Waals surface area contributed by atoms with Crippen molar-refractivity contribution in [3.05, 3.63) is 58.6 Å². The second-order valence-electron chi connectivity index (χ2n) is 4.58. The summed E-state index contributed by atoms with van der Waals surface area (Å²) in [6.07, 6.45) is 3.88. The number of aromatic nitrogens is 2. The van der Waals surface area contributed by atoms with E-state index in [1.165, 1.54) is 0 Å². The average Bonchev–Trinajstić information content (AvgIpc) is 2.49. The zero-order chi connectivity index (χ0) is 14.4. The highest BCUT2D eigenvalue weighted by Gasteiger charge is 2.12. The van der Waals surface area contributed by atoms with E-state index in [9.17, 15) is 9.90 Å². The van der Waals surface area contributed by atoms with Crippen molar-refractivity contribution in [1.82, 2.24) is 9.55 Å². The fraction of sp³-hybridized carbons (Fsp3) is 0.333. The van der Waals surface area contributed by atoms with Gasteiger partial charge in [0.25, 0.3) is 5.56 Å². The quantitative estimate of drug-likeness (QED) is 0.832. The average molecular weight is 273 g/mol. The topological polar surface area (TPSA) is 67.2 Å². The first-order valence-electron chi connectivity index (χ1n) is 6.71. The highest BCUT2D eigenvalue weighted by atomic mass is 16.3. The van der Waals surface area contributed by atoms with E-state index in [4.69, 9.17) is 0 Å². The van der Waals surface area contributed by atoms with Crippen LogP contribution in [0.3, 0.4) is 0 Å². The Bertz CT molecular complexity index is 596. The summed E-state index contributed by atoms with van der Waals surface area (Å²) in [5, 5.41) is 12.5. The second-order valence-corrected chi connectivity index (χ2v) is 4.58. The van der Waals surface area contributed by atoms with E-state index in [1.54, 1.807) is 17.0 Å². The zero-order valence-corrected chi connectivity index (χ0v) is 11.5. The molecule has 2 N–H and O–H groups in total. The summed E-state index contributed by atoms with van der Waals surface area (Å²) in [6.45, 7) is 2.44. The van der Waals surface area contributed by atoms with E-state index in [0.29, 0.717) is 13.0 Å². The van der Waals surface area contributed by atoms with E-state index in [2.05, 4.69) is 10.3 Å². The standard InChI is InChI=1S/C15H19N3O2/c1-2-18-9-8-16-14(15(18)20)17-13(11-19)10-12-6-4-3-5-7-12/h3-9,13,19H,2,10-11H2,1H3,(H,16,17). The first-order chi connectivity index (χ1) is 9.74. The summed E-state index contributed by atoms with van der Waals surface area (Å²) in [6, 6.07) is 9.61. The van der Waals surface area contributed by atoms with Crippen molar-refractivity contribution < 1.29 is 5.11 Å². The number of nitrogens with one attached hydrogen (secondary N) is 1. The molecule has 0 fully saturated rings. The van der Waals surface area contributed by atoms with E-state index in [1.807, 2.05) is 37.3 Å². The molecule has 0 bridgehead atoms. The predicted molar refractivity (Wildman–Crippen MR) is 78.8 cm³/mol. The van der Waals surface area contributed by atoms with E-state index >= 15 is 0 Å². The first-order valence-corrected chi connectivity index (χ1v) is 6.71. The van der Waals surface area contributed by atoms with Gasteiger partial charge in [0.2, 0.25) is 0 Å². The van der Waals surface area contributed by atoms with Gasteiger partial charge in [0.1, 0.15) is 0 Å². The number of benzene rings is 1. The molecule has 1 atom stereocenters. The molecule has 0 radical (unpaired) electrons. The van der Waals surface area contributed by atoms with Crippen molar-refractivity contribution in [1.29, 1.82) is 0 Å². The molecular weight excluding hydrogens is 254 g/mol. The van der Waals surface area contributed by atoms with Gasteiger partial charge < -0.3 is 15.0 Å². The SMILES string of the molecule is CCn1ccnc(NC(CO)Cc2ccccc2)c1=O. The van der Waals surface area contributed by atoms with Crippen LogP contribution >= 0.6 is 0 Å². The van der Waals surface area contributed by atoms with Crippen LogP contribution in [0.15, 0.2) is 47.5 Å². The highest BCUT2D eigenvalue weighted by Crippen LogP contribution is 2.06. The van der Waals surface area contributed by atoms with Crippen molar-refractivity contribution in [2.45, 2.75) is 25.9 Å². The number of aryl methyl sites for hydroxylation is 1. The molecule has 106 valence electrons. The van der Waals surface area contributed by atoms with Gasteiger partial charge >= 0.3 is 0 Å². The van der Waals surface area contributed by atoms with Crippen LogP contribution < -0.4 is 10.9 Å². The van der Waals surface area contributed by atoms with Crippen molar-refractivity contribution >= 4 is 5.82 Å². The minimum Gasteiger partial charge on any atom is -0.394 e. The number of rotatable bonds is 6. The molecule has 0 aliphatic rings. The Balaban J connectivity index is 2.13. The lowest BCUT2D eigenvalue weighted by Crippen LogP contribution is -2.32. The predicted octanol–water partition coefficient (Wildman–Crippen LogP) is 1.28. The van der Waals surface area contributed by atoms with Crippen molar-refractivity contribution in [2.75, 3.05) is 11.9 Å². The minimum absolute atomic E-state index is 0.0585. The van der Waals surface area contributed by atoms with Gasteiger partial charge in [-0.2, -0.15) is 0 Å². The van der Waals surface area contributed by atoms with Crippen LogP contribution in [-0.4, -0.2) is 27.3 Å². The Kier molecular flexibility index (Phi) is 4.90. The van der Waals surface area contributed by atoms with E-state index in [0.717, 1.165) is 5.56 Å². The summed E-state index contributed by atoms with van der Waals surface area (Å²) in [7, 11) is 0. The van der Waals surface area contributed by atoms with Gasteiger partial charge in [-0.1, -0.05) is 30.3 Å². The molecule has 1 heterocycles. The van der Waals surface area contributed by atoms with Crippen LogP contribution in [0.25, 0.3) is 0 Å². The van der Waals surface area contributed by atoms with Crippen LogP contribution in [0, 0.1) is 0 Å². The number of hydrogen-bond acceptors (Lipinski definition) is 4. The molecule has 0 saturated heterocycles. The lowest BCUT2D eigenvalue weighted by Gasteiger charge is -2.17. The zero-order valence-electron chi connectivity index (χ0n) is 11.5. The van der Waals surface area contributed by atoms with Crippen LogP contribution in [0.1, 0.15) is 12.5 Å². The van der Waals surface area contributed by atoms with Gasteiger partial charge in [-0.3, -0.25) is 4.79 Å². The second kappa shape index (κ2) is 6.86. The first kappa shape index (κ1) is 14.3. The number of aliphatic hydroxyl groups is 1. The van der Waals surface area contributed by atoms with Crippen molar-refractivity contribution in [2.24, 2.45) is 0 Å². The smallest absolute Gasteiger partial charge is 0.293 e. The Labute approximate surface area is 117 Å². The third-order valence-electron chi connectivity index (χ3n) is 3.14. The molecule has 0 amide bonds. The Morgan fingerprint density at radius 1 is 1.35 bits per heavy atom. The maximum Gasteiger partial charge on any atom is 0.293 e. The maximum atomic E-state index is 12.1. The Hall–Kier alpha value is -2.14. The molecule has 1 aromatic carbocycles.